The zero-order valence-corrected chi connectivity index (χ0v) is 15.1. The second kappa shape index (κ2) is 7.26. The van der Waals surface area contributed by atoms with Gasteiger partial charge in [-0.1, -0.05) is 29.8 Å². The van der Waals surface area contributed by atoms with Crippen LogP contribution in [0.3, 0.4) is 0 Å². The van der Waals surface area contributed by atoms with Crippen molar-refractivity contribution in [3.63, 3.8) is 0 Å². The van der Waals surface area contributed by atoms with E-state index in [1.165, 1.54) is 6.33 Å². The Balaban J connectivity index is 1.91. The number of aliphatic hydroxyl groups is 1. The number of nitrogen functional groups attached to an aromatic ring is 1. The number of aliphatic hydroxyl groups excluding tert-OH is 1. The third-order valence-corrected chi connectivity index (χ3v) is 4.44. The van der Waals surface area contributed by atoms with E-state index in [0.717, 1.165) is 22.2 Å². The summed E-state index contributed by atoms with van der Waals surface area (Å²) >= 11 is 6.17. The molecule has 2 aromatic carbocycles. The maximum absolute atomic E-state index is 8.97. The van der Waals surface area contributed by atoms with Gasteiger partial charge in [0.2, 0.25) is 0 Å². The van der Waals surface area contributed by atoms with Crippen LogP contribution in [0.2, 0.25) is 5.02 Å². The fraction of sp³-hybridized carbons (Fsp3) is 0.100. The SMILES string of the molecule is Nc1ncnc2c1c(-c1cccc(Cl)c1)cn2-c1cccc(OCCO)c1. The van der Waals surface area contributed by atoms with Crippen LogP contribution in [0.5, 0.6) is 5.75 Å². The van der Waals surface area contributed by atoms with E-state index in [4.69, 9.17) is 27.2 Å². The van der Waals surface area contributed by atoms with Gasteiger partial charge < -0.3 is 20.1 Å². The van der Waals surface area contributed by atoms with E-state index in [1.807, 2.05) is 59.3 Å². The topological polar surface area (TPSA) is 86.2 Å². The van der Waals surface area contributed by atoms with Crippen LogP contribution < -0.4 is 10.5 Å². The quantitative estimate of drug-likeness (QED) is 0.551. The second-order valence-corrected chi connectivity index (χ2v) is 6.39. The number of ether oxygens (including phenoxy) is 1. The van der Waals surface area contributed by atoms with Crippen molar-refractivity contribution < 1.29 is 9.84 Å². The molecule has 0 bridgehead atoms. The first-order chi connectivity index (χ1) is 13.2. The van der Waals surface area contributed by atoms with Gasteiger partial charge in [-0.3, -0.25) is 0 Å². The van der Waals surface area contributed by atoms with Crippen LogP contribution >= 0.6 is 11.6 Å². The third kappa shape index (κ3) is 3.32. The number of rotatable bonds is 5. The molecule has 6 nitrogen and oxygen atoms in total. The first-order valence-corrected chi connectivity index (χ1v) is 8.77. The van der Waals surface area contributed by atoms with Crippen LogP contribution in [0.1, 0.15) is 0 Å². The minimum absolute atomic E-state index is 0.0423. The largest absolute Gasteiger partial charge is 0.491 e. The van der Waals surface area contributed by atoms with Crippen molar-refractivity contribution in [2.45, 2.75) is 0 Å². The molecule has 4 rings (SSSR count). The van der Waals surface area contributed by atoms with Crippen molar-refractivity contribution in [3.8, 4) is 22.6 Å². The van der Waals surface area contributed by atoms with Crippen LogP contribution in [0.4, 0.5) is 5.82 Å². The molecule has 0 spiro atoms. The smallest absolute Gasteiger partial charge is 0.150 e. The Labute approximate surface area is 160 Å². The van der Waals surface area contributed by atoms with Crippen LogP contribution in [-0.2, 0) is 0 Å². The highest BCUT2D eigenvalue weighted by molar-refractivity contribution is 6.31. The summed E-state index contributed by atoms with van der Waals surface area (Å²) in [6.07, 6.45) is 3.41. The zero-order chi connectivity index (χ0) is 18.8. The van der Waals surface area contributed by atoms with Gasteiger partial charge >= 0.3 is 0 Å². The third-order valence-electron chi connectivity index (χ3n) is 4.20. The lowest BCUT2D eigenvalue weighted by Crippen LogP contribution is -2.02. The monoisotopic (exact) mass is 380 g/mol. The predicted octanol–water partition coefficient (Wildman–Crippen LogP) is 3.69. The Morgan fingerprint density at radius 1 is 1.11 bits per heavy atom. The number of nitrogens with zero attached hydrogens (tertiary/aromatic N) is 3. The van der Waals surface area contributed by atoms with Gasteiger partial charge in [-0.15, -0.1) is 0 Å². The van der Waals surface area contributed by atoms with Gasteiger partial charge in [-0.05, 0) is 29.8 Å². The van der Waals surface area contributed by atoms with E-state index in [0.29, 0.717) is 22.2 Å². The van der Waals surface area contributed by atoms with Gasteiger partial charge in [-0.2, -0.15) is 0 Å². The van der Waals surface area contributed by atoms with Crippen molar-refractivity contribution in [2.24, 2.45) is 0 Å². The van der Waals surface area contributed by atoms with E-state index in [2.05, 4.69) is 9.97 Å². The summed E-state index contributed by atoms with van der Waals surface area (Å²) in [5.74, 6) is 1.07. The number of anilines is 1. The molecule has 0 radical (unpaired) electrons. The Bertz CT molecular complexity index is 1110. The number of fused-ring (bicyclic) bond motifs is 1. The summed E-state index contributed by atoms with van der Waals surface area (Å²) in [6, 6.07) is 15.1. The predicted molar refractivity (Wildman–Crippen MR) is 106 cm³/mol. The molecular weight excluding hydrogens is 364 g/mol. The summed E-state index contributed by atoms with van der Waals surface area (Å²) in [6.45, 7) is 0.193. The van der Waals surface area contributed by atoms with Crippen LogP contribution in [-0.4, -0.2) is 32.9 Å². The summed E-state index contributed by atoms with van der Waals surface area (Å²) in [5, 5.41) is 10.4. The standard InChI is InChI=1S/C20H17ClN4O2/c21-14-4-1-3-13(9-14)17-11-25(20-18(17)19(22)23-12-24-20)15-5-2-6-16(10-15)27-8-7-26/h1-6,9-12,26H,7-8H2,(H2,22,23,24). The van der Waals surface area contributed by atoms with Gasteiger partial charge in [0.15, 0.2) is 5.65 Å². The summed E-state index contributed by atoms with van der Waals surface area (Å²) < 4.78 is 7.46. The fourth-order valence-electron chi connectivity index (χ4n) is 3.04. The van der Waals surface area contributed by atoms with Crippen molar-refractivity contribution in [2.75, 3.05) is 18.9 Å². The molecule has 27 heavy (non-hydrogen) atoms. The van der Waals surface area contributed by atoms with Gasteiger partial charge in [0.25, 0.3) is 0 Å². The molecule has 4 aromatic rings. The van der Waals surface area contributed by atoms with Crippen molar-refractivity contribution in [3.05, 3.63) is 66.1 Å². The maximum Gasteiger partial charge on any atom is 0.150 e. The molecule has 2 aromatic heterocycles. The average molecular weight is 381 g/mol. The maximum atomic E-state index is 8.97. The molecule has 0 aliphatic carbocycles. The molecule has 0 aliphatic rings. The zero-order valence-electron chi connectivity index (χ0n) is 14.3. The number of hydrogen-bond donors (Lipinski definition) is 2. The summed E-state index contributed by atoms with van der Waals surface area (Å²) in [5.41, 5.74) is 9.55. The normalized spacial score (nSPS) is 11.0. The van der Waals surface area contributed by atoms with Crippen LogP contribution in [0, 0.1) is 0 Å². The lowest BCUT2D eigenvalue weighted by atomic mass is 10.1. The molecule has 3 N–H and O–H groups in total. The lowest BCUT2D eigenvalue weighted by molar-refractivity contribution is 0.201. The molecule has 0 amide bonds. The van der Waals surface area contributed by atoms with Crippen LogP contribution in [0.25, 0.3) is 27.8 Å². The van der Waals surface area contributed by atoms with E-state index in [-0.39, 0.29) is 13.2 Å². The number of hydrogen-bond acceptors (Lipinski definition) is 5. The highest BCUT2D eigenvalue weighted by Gasteiger charge is 2.16. The minimum atomic E-state index is -0.0423. The fourth-order valence-corrected chi connectivity index (χ4v) is 3.23. The molecule has 0 fully saturated rings. The number of benzene rings is 2. The second-order valence-electron chi connectivity index (χ2n) is 5.95. The lowest BCUT2D eigenvalue weighted by Gasteiger charge is -2.08. The van der Waals surface area contributed by atoms with E-state index < -0.39 is 0 Å². The average Bonchev–Trinajstić information content (AvgIpc) is 3.08. The van der Waals surface area contributed by atoms with E-state index in [1.54, 1.807) is 0 Å². The molecule has 2 heterocycles. The molecule has 0 saturated carbocycles. The minimum Gasteiger partial charge on any atom is -0.491 e. The Hall–Kier alpha value is -3.09. The van der Waals surface area contributed by atoms with Gasteiger partial charge in [0.1, 0.15) is 24.5 Å². The number of halogens is 1. The Morgan fingerprint density at radius 2 is 1.96 bits per heavy atom. The molecular formula is C20H17ClN4O2. The van der Waals surface area contributed by atoms with Crippen LogP contribution in [0.15, 0.2) is 61.1 Å². The van der Waals surface area contributed by atoms with E-state index in [9.17, 15) is 0 Å². The number of nitrogens with two attached hydrogens (primary N) is 1. The van der Waals surface area contributed by atoms with Crippen molar-refractivity contribution in [1.29, 1.82) is 0 Å². The molecule has 136 valence electrons. The van der Waals surface area contributed by atoms with Gasteiger partial charge in [0.05, 0.1) is 17.7 Å². The van der Waals surface area contributed by atoms with Gasteiger partial charge in [-0.25, -0.2) is 9.97 Å². The van der Waals surface area contributed by atoms with Crippen molar-refractivity contribution >= 4 is 28.5 Å². The first kappa shape index (κ1) is 17.3. The number of aromatic nitrogens is 3. The molecule has 0 aliphatic heterocycles. The molecule has 0 saturated heterocycles. The molecule has 7 heteroatoms. The highest BCUT2D eigenvalue weighted by atomic mass is 35.5. The Kier molecular flexibility index (Phi) is 4.66. The Morgan fingerprint density at radius 3 is 2.78 bits per heavy atom. The van der Waals surface area contributed by atoms with Crippen molar-refractivity contribution in [1.82, 2.24) is 14.5 Å². The molecule has 0 atom stereocenters. The van der Waals surface area contributed by atoms with Gasteiger partial charge in [0, 0.05) is 22.8 Å². The summed E-state index contributed by atoms with van der Waals surface area (Å²) in [4.78, 5) is 8.59. The first-order valence-electron chi connectivity index (χ1n) is 8.39. The molecule has 0 unspecified atom stereocenters. The summed E-state index contributed by atoms with van der Waals surface area (Å²) in [7, 11) is 0. The van der Waals surface area contributed by atoms with E-state index >= 15 is 0 Å². The highest BCUT2D eigenvalue weighted by Crippen LogP contribution is 2.35.